The predicted octanol–water partition coefficient (Wildman–Crippen LogP) is 2.38. The first-order valence-corrected chi connectivity index (χ1v) is 8.37. The van der Waals surface area contributed by atoms with Gasteiger partial charge in [-0.3, -0.25) is 4.72 Å². The number of anilines is 2. The van der Waals surface area contributed by atoms with E-state index in [0.717, 1.165) is 5.39 Å². The van der Waals surface area contributed by atoms with Gasteiger partial charge < -0.3 is 5.73 Å². The summed E-state index contributed by atoms with van der Waals surface area (Å²) >= 11 is 1.18. The minimum atomic E-state index is -3.72. The third-order valence-corrected chi connectivity index (χ3v) is 5.18. The molecule has 1 aromatic heterocycles. The maximum atomic E-state index is 12.5. The molecule has 0 aliphatic rings. The molecule has 0 radical (unpaired) electrons. The van der Waals surface area contributed by atoms with Crippen molar-refractivity contribution in [3.8, 4) is 0 Å². The number of fused-ring (bicyclic) bond motifs is 1. The Kier molecular flexibility index (Phi) is 3.26. The summed E-state index contributed by atoms with van der Waals surface area (Å²) in [7, 11) is -3.72. The van der Waals surface area contributed by atoms with Crippen LogP contribution in [0, 0.1) is 6.92 Å². The van der Waals surface area contributed by atoms with Crippen LogP contribution in [0.1, 0.15) is 5.01 Å². The Morgan fingerprint density at radius 2 is 2.00 bits per heavy atom. The molecule has 0 saturated heterocycles. The predicted molar refractivity (Wildman–Crippen MR) is 83.8 cm³/mol. The molecular formula is C13H12N4O2S2. The number of aryl methyl sites for hydroxylation is 1. The summed E-state index contributed by atoms with van der Waals surface area (Å²) in [5, 5.41) is 9.90. The number of benzene rings is 2. The SMILES string of the molecule is Cc1nnc(NS(=O)(=O)c2cccc3cc(N)ccc23)s1. The fraction of sp³-hybridized carbons (Fsp3) is 0.0769. The number of hydrogen-bond donors (Lipinski definition) is 2. The Morgan fingerprint density at radius 1 is 1.19 bits per heavy atom. The second kappa shape index (κ2) is 4.97. The van der Waals surface area contributed by atoms with Gasteiger partial charge in [-0.1, -0.05) is 29.5 Å². The van der Waals surface area contributed by atoms with E-state index in [2.05, 4.69) is 14.9 Å². The van der Waals surface area contributed by atoms with E-state index in [0.29, 0.717) is 16.1 Å². The third kappa shape index (κ3) is 2.67. The number of nitrogens with one attached hydrogen (secondary N) is 1. The largest absolute Gasteiger partial charge is 0.399 e. The highest BCUT2D eigenvalue weighted by atomic mass is 32.2. The lowest BCUT2D eigenvalue weighted by Crippen LogP contribution is -2.13. The van der Waals surface area contributed by atoms with Crippen LogP contribution in [0.4, 0.5) is 10.8 Å². The quantitative estimate of drug-likeness (QED) is 0.722. The Hall–Kier alpha value is -2.19. The topological polar surface area (TPSA) is 98.0 Å². The van der Waals surface area contributed by atoms with Gasteiger partial charge in [-0.25, -0.2) is 8.42 Å². The van der Waals surface area contributed by atoms with Crippen molar-refractivity contribution in [2.24, 2.45) is 0 Å². The molecule has 2 aromatic carbocycles. The van der Waals surface area contributed by atoms with Crippen LogP contribution in [-0.4, -0.2) is 18.6 Å². The Morgan fingerprint density at radius 3 is 2.71 bits per heavy atom. The summed E-state index contributed by atoms with van der Waals surface area (Å²) in [6, 6.07) is 10.2. The summed E-state index contributed by atoms with van der Waals surface area (Å²) in [5.41, 5.74) is 6.32. The number of sulfonamides is 1. The minimum absolute atomic E-state index is 0.188. The van der Waals surface area contributed by atoms with Gasteiger partial charge in [-0.2, -0.15) is 0 Å². The lowest BCUT2D eigenvalue weighted by atomic mass is 10.1. The molecule has 6 nitrogen and oxygen atoms in total. The van der Waals surface area contributed by atoms with Crippen LogP contribution < -0.4 is 10.5 Å². The van der Waals surface area contributed by atoms with Gasteiger partial charge in [0, 0.05) is 11.1 Å². The van der Waals surface area contributed by atoms with E-state index in [1.807, 2.05) is 6.07 Å². The molecule has 8 heteroatoms. The first-order chi connectivity index (χ1) is 9.95. The van der Waals surface area contributed by atoms with Crippen LogP contribution in [0.2, 0.25) is 0 Å². The third-order valence-electron chi connectivity index (χ3n) is 2.90. The molecule has 0 bridgehead atoms. The number of rotatable bonds is 3. The lowest BCUT2D eigenvalue weighted by Gasteiger charge is -2.08. The molecule has 0 amide bonds. The van der Waals surface area contributed by atoms with E-state index in [1.54, 1.807) is 37.3 Å². The Balaban J connectivity index is 2.10. The van der Waals surface area contributed by atoms with Crippen molar-refractivity contribution < 1.29 is 8.42 Å². The van der Waals surface area contributed by atoms with Gasteiger partial charge in [0.05, 0.1) is 4.90 Å². The summed E-state index contributed by atoms with van der Waals surface area (Å²) in [5.74, 6) is 0. The van der Waals surface area contributed by atoms with Crippen LogP contribution in [0.15, 0.2) is 41.3 Å². The molecular weight excluding hydrogens is 308 g/mol. The van der Waals surface area contributed by atoms with Crippen LogP contribution in [-0.2, 0) is 10.0 Å². The van der Waals surface area contributed by atoms with E-state index in [1.165, 1.54) is 11.3 Å². The van der Waals surface area contributed by atoms with Gasteiger partial charge in [-0.15, -0.1) is 10.2 Å². The van der Waals surface area contributed by atoms with Crippen molar-refractivity contribution in [2.75, 3.05) is 10.5 Å². The summed E-state index contributed by atoms with van der Waals surface area (Å²) in [6.45, 7) is 1.76. The fourth-order valence-electron chi connectivity index (χ4n) is 2.01. The molecule has 1 heterocycles. The molecule has 3 rings (SSSR count). The summed E-state index contributed by atoms with van der Waals surface area (Å²) < 4.78 is 27.5. The van der Waals surface area contributed by atoms with Crippen LogP contribution >= 0.6 is 11.3 Å². The molecule has 3 N–H and O–H groups in total. The molecule has 0 unspecified atom stereocenters. The van der Waals surface area contributed by atoms with Crippen LogP contribution in [0.5, 0.6) is 0 Å². The van der Waals surface area contributed by atoms with Gasteiger partial charge in [0.25, 0.3) is 10.0 Å². The maximum absolute atomic E-state index is 12.5. The Labute approximate surface area is 125 Å². The lowest BCUT2D eigenvalue weighted by molar-refractivity contribution is 0.602. The zero-order valence-electron chi connectivity index (χ0n) is 11.1. The monoisotopic (exact) mass is 320 g/mol. The normalized spacial score (nSPS) is 11.7. The molecule has 3 aromatic rings. The highest BCUT2D eigenvalue weighted by Crippen LogP contribution is 2.27. The number of aromatic nitrogens is 2. The van der Waals surface area contributed by atoms with E-state index < -0.39 is 10.0 Å². The molecule has 0 fully saturated rings. The summed E-state index contributed by atoms with van der Waals surface area (Å²) in [6.07, 6.45) is 0. The average molecular weight is 320 g/mol. The average Bonchev–Trinajstić information content (AvgIpc) is 2.82. The number of nitrogen functional groups attached to an aromatic ring is 1. The zero-order chi connectivity index (χ0) is 15.0. The summed E-state index contributed by atoms with van der Waals surface area (Å²) in [4.78, 5) is 0.188. The van der Waals surface area contributed by atoms with E-state index in [-0.39, 0.29) is 10.0 Å². The van der Waals surface area contributed by atoms with Gasteiger partial charge >= 0.3 is 0 Å². The van der Waals surface area contributed by atoms with Gasteiger partial charge in [0.15, 0.2) is 0 Å². The van der Waals surface area contributed by atoms with Crippen molar-refractivity contribution in [3.63, 3.8) is 0 Å². The number of hydrogen-bond acceptors (Lipinski definition) is 6. The van der Waals surface area contributed by atoms with E-state index >= 15 is 0 Å². The molecule has 21 heavy (non-hydrogen) atoms. The molecule has 0 aliphatic carbocycles. The molecule has 108 valence electrons. The standard InChI is InChI=1S/C13H12N4O2S2/c1-8-15-16-13(20-8)17-21(18,19)12-4-2-3-9-7-10(14)5-6-11(9)12/h2-7H,14H2,1H3,(H,16,17). The molecule has 0 saturated carbocycles. The van der Waals surface area contributed by atoms with Crippen molar-refractivity contribution in [1.29, 1.82) is 0 Å². The number of nitrogens with two attached hydrogens (primary N) is 1. The van der Waals surface area contributed by atoms with Gasteiger partial charge in [0.2, 0.25) is 5.13 Å². The van der Waals surface area contributed by atoms with Crippen molar-refractivity contribution in [2.45, 2.75) is 11.8 Å². The van der Waals surface area contributed by atoms with E-state index in [9.17, 15) is 8.42 Å². The van der Waals surface area contributed by atoms with Crippen molar-refractivity contribution >= 4 is 43.0 Å². The smallest absolute Gasteiger partial charge is 0.264 e. The number of nitrogens with zero attached hydrogens (tertiary/aromatic N) is 2. The van der Waals surface area contributed by atoms with Gasteiger partial charge in [-0.05, 0) is 30.5 Å². The molecule has 0 aliphatic heterocycles. The van der Waals surface area contributed by atoms with Gasteiger partial charge in [0.1, 0.15) is 5.01 Å². The highest BCUT2D eigenvalue weighted by Gasteiger charge is 2.19. The Bertz CT molecular complexity index is 919. The van der Waals surface area contributed by atoms with Crippen LogP contribution in [0.3, 0.4) is 0 Å². The maximum Gasteiger partial charge on any atom is 0.264 e. The molecule has 0 spiro atoms. The minimum Gasteiger partial charge on any atom is -0.399 e. The molecule has 0 atom stereocenters. The second-order valence-electron chi connectivity index (χ2n) is 4.47. The zero-order valence-corrected chi connectivity index (χ0v) is 12.7. The fourth-order valence-corrected chi connectivity index (χ4v) is 4.07. The highest BCUT2D eigenvalue weighted by molar-refractivity contribution is 7.93. The van der Waals surface area contributed by atoms with Crippen molar-refractivity contribution in [1.82, 2.24) is 10.2 Å². The second-order valence-corrected chi connectivity index (χ2v) is 7.30. The first-order valence-electron chi connectivity index (χ1n) is 6.07. The van der Waals surface area contributed by atoms with Crippen LogP contribution in [0.25, 0.3) is 10.8 Å². The van der Waals surface area contributed by atoms with E-state index in [4.69, 9.17) is 5.73 Å². The van der Waals surface area contributed by atoms with Crippen molar-refractivity contribution in [3.05, 3.63) is 41.4 Å². The first kappa shape index (κ1) is 13.8.